The van der Waals surface area contributed by atoms with E-state index in [2.05, 4.69) is 17.2 Å². The number of rotatable bonds is 8. The van der Waals surface area contributed by atoms with E-state index < -0.39 is 0 Å². The lowest BCUT2D eigenvalue weighted by molar-refractivity contribution is 0.102. The van der Waals surface area contributed by atoms with Gasteiger partial charge in [-0.15, -0.1) is 11.8 Å². The highest BCUT2D eigenvalue weighted by Gasteiger charge is 2.12. The second-order valence-corrected chi connectivity index (χ2v) is 7.74. The summed E-state index contributed by atoms with van der Waals surface area (Å²) in [6, 6.07) is 13.3. The van der Waals surface area contributed by atoms with Crippen LogP contribution in [-0.2, 0) is 0 Å². The van der Waals surface area contributed by atoms with E-state index in [1.165, 1.54) is 24.2 Å². The third-order valence-electron chi connectivity index (χ3n) is 3.96. The van der Waals surface area contributed by atoms with Crippen molar-refractivity contribution in [1.29, 1.82) is 0 Å². The van der Waals surface area contributed by atoms with Gasteiger partial charge in [-0.3, -0.25) is 10.1 Å². The van der Waals surface area contributed by atoms with Crippen molar-refractivity contribution in [3.8, 4) is 5.75 Å². The Labute approximate surface area is 162 Å². The van der Waals surface area contributed by atoms with E-state index in [-0.39, 0.29) is 5.91 Å². The zero-order chi connectivity index (χ0) is 18.4. The maximum atomic E-state index is 12.5. The third kappa shape index (κ3) is 4.56. The number of ether oxygens (including phenoxy) is 1. The monoisotopic (exact) mass is 386 g/mol. The Morgan fingerprint density at radius 2 is 2.00 bits per heavy atom. The lowest BCUT2D eigenvalue weighted by Crippen LogP contribution is -2.11. The fourth-order valence-electron chi connectivity index (χ4n) is 2.56. The Kier molecular flexibility index (Phi) is 6.52. The molecule has 0 bridgehead atoms. The van der Waals surface area contributed by atoms with Crippen LogP contribution >= 0.6 is 23.1 Å². The van der Waals surface area contributed by atoms with E-state index in [9.17, 15) is 4.79 Å². The molecule has 1 heterocycles. The van der Waals surface area contributed by atoms with Gasteiger partial charge in [-0.05, 0) is 49.1 Å². The minimum atomic E-state index is -0.160. The number of hydrogen-bond acceptors (Lipinski definition) is 5. The first-order valence-electron chi connectivity index (χ1n) is 8.69. The number of hydrogen-bond donors (Lipinski definition) is 1. The molecule has 0 saturated heterocycles. The fraction of sp³-hybridized carbons (Fsp3) is 0.300. The molecular formula is C20H22N2O2S2. The van der Waals surface area contributed by atoms with E-state index in [1.807, 2.05) is 36.6 Å². The van der Waals surface area contributed by atoms with Crippen molar-refractivity contribution in [2.24, 2.45) is 0 Å². The number of thioether (sulfide) groups is 1. The fourth-order valence-corrected chi connectivity index (χ4v) is 4.07. The molecule has 0 saturated carbocycles. The highest BCUT2D eigenvalue weighted by atomic mass is 32.2. The first-order valence-corrected chi connectivity index (χ1v) is 10.7. The Morgan fingerprint density at radius 1 is 1.19 bits per heavy atom. The molecule has 0 aliphatic rings. The SMILES string of the molecule is CCCCCOc1ccc(C(=O)Nc2nc3c(SC)cccc3s2)cc1. The quantitative estimate of drug-likeness (QED) is 0.390. The number of benzene rings is 2. The lowest BCUT2D eigenvalue weighted by atomic mass is 10.2. The van der Waals surface area contributed by atoms with Gasteiger partial charge in [0.25, 0.3) is 5.91 Å². The van der Waals surface area contributed by atoms with Crippen LogP contribution in [0.5, 0.6) is 5.75 Å². The van der Waals surface area contributed by atoms with Crippen molar-refractivity contribution in [3.63, 3.8) is 0 Å². The minimum absolute atomic E-state index is 0.160. The van der Waals surface area contributed by atoms with Crippen LogP contribution in [0.4, 0.5) is 5.13 Å². The van der Waals surface area contributed by atoms with Gasteiger partial charge in [0.15, 0.2) is 5.13 Å². The summed E-state index contributed by atoms with van der Waals surface area (Å²) in [4.78, 5) is 18.1. The summed E-state index contributed by atoms with van der Waals surface area (Å²) in [5, 5.41) is 3.51. The number of carbonyl (C=O) groups excluding carboxylic acids is 1. The van der Waals surface area contributed by atoms with Gasteiger partial charge in [-0.2, -0.15) is 0 Å². The van der Waals surface area contributed by atoms with E-state index in [4.69, 9.17) is 4.74 Å². The van der Waals surface area contributed by atoms with E-state index in [1.54, 1.807) is 23.9 Å². The number of para-hydroxylation sites is 1. The van der Waals surface area contributed by atoms with E-state index >= 15 is 0 Å². The van der Waals surface area contributed by atoms with Crippen LogP contribution < -0.4 is 10.1 Å². The first-order chi connectivity index (χ1) is 12.7. The smallest absolute Gasteiger partial charge is 0.257 e. The normalized spacial score (nSPS) is 10.8. The molecule has 3 aromatic rings. The number of unbranched alkanes of at least 4 members (excludes halogenated alkanes) is 2. The average molecular weight is 387 g/mol. The molecule has 2 aromatic carbocycles. The maximum Gasteiger partial charge on any atom is 0.257 e. The molecule has 3 rings (SSSR count). The van der Waals surface area contributed by atoms with Gasteiger partial charge < -0.3 is 4.74 Å². The number of nitrogens with zero attached hydrogens (tertiary/aromatic N) is 1. The van der Waals surface area contributed by atoms with Gasteiger partial charge in [0, 0.05) is 10.5 Å². The molecule has 26 heavy (non-hydrogen) atoms. The number of nitrogens with one attached hydrogen (secondary N) is 1. The van der Waals surface area contributed by atoms with Crippen LogP contribution in [0.2, 0.25) is 0 Å². The molecular weight excluding hydrogens is 364 g/mol. The summed E-state index contributed by atoms with van der Waals surface area (Å²) in [7, 11) is 0. The maximum absolute atomic E-state index is 12.5. The molecule has 0 radical (unpaired) electrons. The molecule has 0 fully saturated rings. The second-order valence-electron chi connectivity index (χ2n) is 5.86. The Morgan fingerprint density at radius 3 is 2.73 bits per heavy atom. The largest absolute Gasteiger partial charge is 0.494 e. The summed E-state index contributed by atoms with van der Waals surface area (Å²) in [6.07, 6.45) is 5.42. The molecule has 0 spiro atoms. The van der Waals surface area contributed by atoms with Gasteiger partial charge in [-0.1, -0.05) is 37.2 Å². The van der Waals surface area contributed by atoms with Crippen molar-refractivity contribution >= 4 is 44.4 Å². The molecule has 1 N–H and O–H groups in total. The zero-order valence-electron chi connectivity index (χ0n) is 15.0. The highest BCUT2D eigenvalue weighted by Crippen LogP contribution is 2.32. The summed E-state index contributed by atoms with van der Waals surface area (Å²) in [6.45, 7) is 2.88. The molecule has 6 heteroatoms. The van der Waals surface area contributed by atoms with Crippen molar-refractivity contribution < 1.29 is 9.53 Å². The van der Waals surface area contributed by atoms with Crippen LogP contribution in [0.25, 0.3) is 10.2 Å². The van der Waals surface area contributed by atoms with Gasteiger partial charge in [0.05, 0.1) is 16.8 Å². The predicted octanol–water partition coefficient (Wildman–Crippen LogP) is 5.84. The Balaban J connectivity index is 1.64. The summed E-state index contributed by atoms with van der Waals surface area (Å²) in [5.41, 5.74) is 1.53. The number of amides is 1. The molecule has 0 unspecified atom stereocenters. The first kappa shape index (κ1) is 18.7. The second kappa shape index (κ2) is 9.05. The number of anilines is 1. The molecule has 1 amide bonds. The number of aromatic nitrogens is 1. The van der Waals surface area contributed by atoms with Crippen LogP contribution in [0.3, 0.4) is 0 Å². The molecule has 136 valence electrons. The standard InChI is InChI=1S/C20H22N2O2S2/c1-3-4-5-13-24-15-11-9-14(10-12-15)19(23)22-20-21-18-16(25-2)7-6-8-17(18)26-20/h6-12H,3-5,13H2,1-2H3,(H,21,22,23). The van der Waals surface area contributed by atoms with Gasteiger partial charge in [0.1, 0.15) is 5.75 Å². The van der Waals surface area contributed by atoms with Crippen molar-refractivity contribution in [2.45, 2.75) is 31.1 Å². The minimum Gasteiger partial charge on any atom is -0.494 e. The Hall–Kier alpha value is -2.05. The van der Waals surface area contributed by atoms with Crippen LogP contribution in [0.15, 0.2) is 47.4 Å². The zero-order valence-corrected chi connectivity index (χ0v) is 16.6. The van der Waals surface area contributed by atoms with Crippen molar-refractivity contribution in [3.05, 3.63) is 48.0 Å². The molecule has 0 aliphatic heterocycles. The predicted molar refractivity (Wildman–Crippen MR) is 111 cm³/mol. The molecule has 1 aromatic heterocycles. The highest BCUT2D eigenvalue weighted by molar-refractivity contribution is 7.98. The number of thiazole rings is 1. The van der Waals surface area contributed by atoms with Gasteiger partial charge in [0.2, 0.25) is 0 Å². The van der Waals surface area contributed by atoms with Crippen LogP contribution in [0.1, 0.15) is 36.5 Å². The Bertz CT molecular complexity index is 875. The summed E-state index contributed by atoms with van der Waals surface area (Å²) >= 11 is 3.14. The number of fused-ring (bicyclic) bond motifs is 1. The number of carbonyl (C=O) groups is 1. The lowest BCUT2D eigenvalue weighted by Gasteiger charge is -2.06. The van der Waals surface area contributed by atoms with Crippen LogP contribution in [0, 0.1) is 0 Å². The van der Waals surface area contributed by atoms with Crippen LogP contribution in [-0.4, -0.2) is 23.8 Å². The third-order valence-corrected chi connectivity index (χ3v) is 5.66. The topological polar surface area (TPSA) is 51.2 Å². The molecule has 0 atom stereocenters. The van der Waals surface area contributed by atoms with E-state index in [0.717, 1.165) is 27.3 Å². The van der Waals surface area contributed by atoms with Gasteiger partial charge >= 0.3 is 0 Å². The summed E-state index contributed by atoms with van der Waals surface area (Å²) in [5.74, 6) is 0.634. The van der Waals surface area contributed by atoms with E-state index in [0.29, 0.717) is 17.3 Å². The van der Waals surface area contributed by atoms with Crippen molar-refractivity contribution in [1.82, 2.24) is 4.98 Å². The average Bonchev–Trinajstić information content (AvgIpc) is 3.08. The summed E-state index contributed by atoms with van der Waals surface area (Å²) < 4.78 is 6.75. The molecule has 0 aliphatic carbocycles. The van der Waals surface area contributed by atoms with Gasteiger partial charge in [-0.25, -0.2) is 4.98 Å². The van der Waals surface area contributed by atoms with Crippen molar-refractivity contribution in [2.75, 3.05) is 18.2 Å². The molecule has 4 nitrogen and oxygen atoms in total.